The highest BCUT2D eigenvalue weighted by Gasteiger charge is 2.34. The van der Waals surface area contributed by atoms with Gasteiger partial charge in [-0.15, -0.1) is 0 Å². The topological polar surface area (TPSA) is 86.8 Å². The second-order valence-electron chi connectivity index (χ2n) is 9.86. The van der Waals surface area contributed by atoms with E-state index in [0.29, 0.717) is 22.7 Å². The number of sulfonamides is 1. The molecule has 0 spiro atoms. The van der Waals surface area contributed by atoms with Crippen LogP contribution in [0.3, 0.4) is 0 Å². The van der Waals surface area contributed by atoms with Gasteiger partial charge in [-0.25, -0.2) is 12.8 Å². The minimum Gasteiger partial charge on any atom is -0.352 e. The molecule has 2 amide bonds. The lowest BCUT2D eigenvalue weighted by Gasteiger charge is -2.33. The molecule has 40 heavy (non-hydrogen) atoms. The lowest BCUT2D eigenvalue weighted by molar-refractivity contribution is -0.140. The van der Waals surface area contributed by atoms with Crippen molar-refractivity contribution in [3.05, 3.63) is 95.3 Å². The molecule has 7 nitrogen and oxygen atoms in total. The number of anilines is 1. The zero-order chi connectivity index (χ0) is 28.7. The standard InChI is InChI=1S/C30H33ClFN3O4S/c1-2-28(30(37)33-25-8-6-7-9-25)34(20-22-12-16-24(32)17-13-22)29(36)21-35(26-10-4-3-5-11-26)40(38,39)27-18-14-23(31)15-19-27/h3-5,10-19,25,28H,2,6-9,20-21H2,1H3,(H,33,37)/t28-/m0/s1. The molecule has 1 fully saturated rings. The number of amides is 2. The molecule has 3 aromatic carbocycles. The Labute approximate surface area is 240 Å². The summed E-state index contributed by atoms with van der Waals surface area (Å²) in [6.45, 7) is 1.28. The summed E-state index contributed by atoms with van der Waals surface area (Å²) in [5, 5.41) is 3.45. The Bertz CT molecular complexity index is 1400. The van der Waals surface area contributed by atoms with E-state index in [9.17, 15) is 22.4 Å². The summed E-state index contributed by atoms with van der Waals surface area (Å²) in [4.78, 5) is 28.8. The fourth-order valence-corrected chi connectivity index (χ4v) is 6.47. The van der Waals surface area contributed by atoms with Gasteiger partial charge in [-0.1, -0.05) is 61.7 Å². The molecule has 0 radical (unpaired) electrons. The Morgan fingerprint density at radius 1 is 0.975 bits per heavy atom. The van der Waals surface area contributed by atoms with Gasteiger partial charge in [-0.3, -0.25) is 13.9 Å². The van der Waals surface area contributed by atoms with Crippen molar-refractivity contribution in [1.82, 2.24) is 10.2 Å². The van der Waals surface area contributed by atoms with Crippen molar-refractivity contribution < 1.29 is 22.4 Å². The molecular weight excluding hydrogens is 553 g/mol. The van der Waals surface area contributed by atoms with Crippen LogP contribution in [-0.2, 0) is 26.2 Å². The fraction of sp³-hybridized carbons (Fsp3) is 0.333. The van der Waals surface area contributed by atoms with Gasteiger partial charge < -0.3 is 10.2 Å². The van der Waals surface area contributed by atoms with Gasteiger partial charge in [0.25, 0.3) is 10.0 Å². The molecule has 0 saturated heterocycles. The lowest BCUT2D eigenvalue weighted by Crippen LogP contribution is -2.53. The molecule has 1 saturated carbocycles. The maximum atomic E-state index is 14.0. The van der Waals surface area contributed by atoms with Crippen LogP contribution in [-0.4, -0.2) is 43.8 Å². The first-order valence-electron chi connectivity index (χ1n) is 13.4. The van der Waals surface area contributed by atoms with E-state index in [1.807, 2.05) is 6.92 Å². The number of para-hydroxylation sites is 1. The largest absolute Gasteiger partial charge is 0.352 e. The quantitative estimate of drug-likeness (QED) is 0.320. The average Bonchev–Trinajstić information content (AvgIpc) is 3.46. The maximum absolute atomic E-state index is 14.0. The van der Waals surface area contributed by atoms with Gasteiger partial charge in [0.1, 0.15) is 18.4 Å². The van der Waals surface area contributed by atoms with Gasteiger partial charge in [0, 0.05) is 17.6 Å². The van der Waals surface area contributed by atoms with Crippen molar-refractivity contribution >= 4 is 39.1 Å². The van der Waals surface area contributed by atoms with E-state index in [-0.39, 0.29) is 23.4 Å². The third-order valence-corrected chi connectivity index (χ3v) is 9.12. The smallest absolute Gasteiger partial charge is 0.264 e. The van der Waals surface area contributed by atoms with Crippen LogP contribution in [0.1, 0.15) is 44.6 Å². The number of rotatable bonds is 11. The molecule has 0 aromatic heterocycles. The monoisotopic (exact) mass is 585 g/mol. The third kappa shape index (κ3) is 7.20. The van der Waals surface area contributed by atoms with E-state index < -0.39 is 34.3 Å². The number of carbonyl (C=O) groups is 2. The predicted octanol–water partition coefficient (Wildman–Crippen LogP) is 5.54. The van der Waals surface area contributed by atoms with Crippen molar-refractivity contribution in [2.24, 2.45) is 0 Å². The molecule has 0 unspecified atom stereocenters. The molecule has 10 heteroatoms. The Kier molecular flexibility index (Phi) is 9.81. The number of nitrogens with one attached hydrogen (secondary N) is 1. The Morgan fingerprint density at radius 2 is 1.60 bits per heavy atom. The third-order valence-electron chi connectivity index (χ3n) is 7.08. The first-order valence-corrected chi connectivity index (χ1v) is 15.2. The number of halogens is 2. The highest BCUT2D eigenvalue weighted by molar-refractivity contribution is 7.92. The minimum absolute atomic E-state index is 0.0132. The molecule has 0 bridgehead atoms. The van der Waals surface area contributed by atoms with Crippen molar-refractivity contribution in [3.8, 4) is 0 Å². The zero-order valence-electron chi connectivity index (χ0n) is 22.3. The summed E-state index contributed by atoms with van der Waals surface area (Å²) in [7, 11) is -4.17. The first kappa shape index (κ1) is 29.6. The summed E-state index contributed by atoms with van der Waals surface area (Å²) in [5.74, 6) is -1.26. The molecule has 1 aliphatic rings. The minimum atomic E-state index is -4.17. The molecule has 4 rings (SSSR count). The summed E-state index contributed by atoms with van der Waals surface area (Å²) < 4.78 is 42.2. The van der Waals surface area contributed by atoms with Gasteiger partial charge in [0.05, 0.1) is 10.6 Å². The molecule has 0 aliphatic heterocycles. The zero-order valence-corrected chi connectivity index (χ0v) is 23.9. The highest BCUT2D eigenvalue weighted by Crippen LogP contribution is 2.26. The Morgan fingerprint density at radius 3 is 2.20 bits per heavy atom. The maximum Gasteiger partial charge on any atom is 0.264 e. The highest BCUT2D eigenvalue weighted by atomic mass is 35.5. The number of benzene rings is 3. The lowest BCUT2D eigenvalue weighted by atomic mass is 10.1. The van der Waals surface area contributed by atoms with E-state index >= 15 is 0 Å². The molecular formula is C30H33ClFN3O4S. The second-order valence-corrected chi connectivity index (χ2v) is 12.2. The normalized spacial score (nSPS) is 14.5. The van der Waals surface area contributed by atoms with Crippen molar-refractivity contribution in [2.75, 3.05) is 10.8 Å². The molecule has 1 N–H and O–H groups in total. The van der Waals surface area contributed by atoms with Crippen molar-refractivity contribution in [2.45, 2.75) is 62.6 Å². The first-order chi connectivity index (χ1) is 19.2. The summed E-state index contributed by atoms with van der Waals surface area (Å²) in [5.41, 5.74) is 0.921. The van der Waals surface area contributed by atoms with Crippen LogP contribution < -0.4 is 9.62 Å². The Balaban J connectivity index is 1.68. The average molecular weight is 586 g/mol. The van der Waals surface area contributed by atoms with Gasteiger partial charge in [-0.2, -0.15) is 0 Å². The number of hydrogen-bond donors (Lipinski definition) is 1. The number of nitrogens with zero attached hydrogens (tertiary/aromatic N) is 2. The summed E-state index contributed by atoms with van der Waals surface area (Å²) in [6.07, 6.45) is 4.16. The van der Waals surface area contributed by atoms with E-state index in [1.54, 1.807) is 42.5 Å². The van der Waals surface area contributed by atoms with E-state index in [0.717, 1.165) is 30.0 Å². The van der Waals surface area contributed by atoms with Crippen molar-refractivity contribution in [3.63, 3.8) is 0 Å². The Hall–Kier alpha value is -3.43. The molecule has 1 aliphatic carbocycles. The molecule has 0 heterocycles. The van der Waals surface area contributed by atoms with Gasteiger partial charge >= 0.3 is 0 Å². The van der Waals surface area contributed by atoms with Crippen LogP contribution in [0.15, 0.2) is 83.8 Å². The van der Waals surface area contributed by atoms with Crippen LogP contribution in [0.25, 0.3) is 0 Å². The predicted molar refractivity (Wildman–Crippen MR) is 154 cm³/mol. The number of carbonyl (C=O) groups excluding carboxylic acids is 2. The molecule has 1 atom stereocenters. The van der Waals surface area contributed by atoms with Crippen molar-refractivity contribution in [1.29, 1.82) is 0 Å². The SMILES string of the molecule is CC[C@@H](C(=O)NC1CCCC1)N(Cc1ccc(F)cc1)C(=O)CN(c1ccccc1)S(=O)(=O)c1ccc(Cl)cc1. The second kappa shape index (κ2) is 13.3. The van der Waals surface area contributed by atoms with Crippen LogP contribution in [0, 0.1) is 5.82 Å². The van der Waals surface area contributed by atoms with Gasteiger partial charge in [0.15, 0.2) is 0 Å². The van der Waals surface area contributed by atoms with Crippen LogP contribution in [0.5, 0.6) is 0 Å². The van der Waals surface area contributed by atoms with E-state index in [1.165, 1.54) is 41.3 Å². The summed E-state index contributed by atoms with van der Waals surface area (Å²) >= 11 is 5.98. The van der Waals surface area contributed by atoms with E-state index in [4.69, 9.17) is 11.6 Å². The van der Waals surface area contributed by atoms with Crippen LogP contribution >= 0.6 is 11.6 Å². The molecule has 3 aromatic rings. The molecule has 212 valence electrons. The van der Waals surface area contributed by atoms with E-state index in [2.05, 4.69) is 5.32 Å². The van der Waals surface area contributed by atoms with Crippen LogP contribution in [0.4, 0.5) is 10.1 Å². The van der Waals surface area contributed by atoms with Crippen LogP contribution in [0.2, 0.25) is 5.02 Å². The number of hydrogen-bond acceptors (Lipinski definition) is 4. The summed E-state index contributed by atoms with van der Waals surface area (Å²) in [6, 6.07) is 19.0. The van der Waals surface area contributed by atoms with Gasteiger partial charge in [-0.05, 0) is 73.4 Å². The fourth-order valence-electron chi connectivity index (χ4n) is 4.93. The van der Waals surface area contributed by atoms with Gasteiger partial charge in [0.2, 0.25) is 11.8 Å².